The molecular formula is C12H9NO5. The molecule has 0 saturated carbocycles. The summed E-state index contributed by atoms with van der Waals surface area (Å²) in [6, 6.07) is 3.32. The van der Waals surface area contributed by atoms with Gasteiger partial charge in [-0.05, 0) is 13.0 Å². The molecule has 2 aromatic rings. The Morgan fingerprint density at radius 2 is 1.94 bits per heavy atom. The molecule has 6 nitrogen and oxygen atoms in total. The number of aromatic amines is 1. The van der Waals surface area contributed by atoms with E-state index in [4.69, 9.17) is 14.6 Å². The number of hydrogen-bond acceptors (Lipinski definition) is 4. The van der Waals surface area contributed by atoms with E-state index < -0.39 is 11.8 Å². The first-order valence-electron chi connectivity index (χ1n) is 5.27. The Bertz CT molecular complexity index is 685. The Balaban J connectivity index is 2.29. The third-order valence-corrected chi connectivity index (χ3v) is 2.90. The zero-order chi connectivity index (χ0) is 12.9. The van der Waals surface area contributed by atoms with Crippen molar-refractivity contribution in [2.24, 2.45) is 0 Å². The molecule has 0 saturated heterocycles. The van der Waals surface area contributed by atoms with Gasteiger partial charge in [-0.25, -0.2) is 4.79 Å². The van der Waals surface area contributed by atoms with Gasteiger partial charge in [0.1, 0.15) is 0 Å². The van der Waals surface area contributed by atoms with Gasteiger partial charge in [0.25, 0.3) is 5.78 Å². The number of aliphatic carboxylic acids is 1. The quantitative estimate of drug-likeness (QED) is 0.619. The predicted octanol–water partition coefficient (Wildman–Crippen LogP) is 1.47. The summed E-state index contributed by atoms with van der Waals surface area (Å²) in [6.07, 6.45) is 0. The molecular weight excluding hydrogens is 238 g/mol. The molecule has 2 N–H and O–H groups in total. The van der Waals surface area contributed by atoms with E-state index in [2.05, 4.69) is 4.98 Å². The molecule has 1 aliphatic heterocycles. The van der Waals surface area contributed by atoms with Gasteiger partial charge < -0.3 is 19.6 Å². The van der Waals surface area contributed by atoms with Crippen molar-refractivity contribution in [1.29, 1.82) is 0 Å². The highest BCUT2D eigenvalue weighted by molar-refractivity contribution is 6.42. The molecule has 1 aromatic carbocycles. The number of hydrogen-bond donors (Lipinski definition) is 2. The van der Waals surface area contributed by atoms with Gasteiger partial charge >= 0.3 is 5.97 Å². The lowest BCUT2D eigenvalue weighted by molar-refractivity contribution is -0.131. The summed E-state index contributed by atoms with van der Waals surface area (Å²) >= 11 is 0. The Hall–Kier alpha value is -2.50. The van der Waals surface area contributed by atoms with E-state index in [9.17, 15) is 9.59 Å². The van der Waals surface area contributed by atoms with Crippen LogP contribution in [0.2, 0.25) is 0 Å². The molecule has 0 atom stereocenters. The Kier molecular flexibility index (Phi) is 2.07. The molecule has 0 aliphatic carbocycles. The lowest BCUT2D eigenvalue weighted by atomic mass is 10.1. The highest BCUT2D eigenvalue weighted by atomic mass is 16.7. The number of fused-ring (bicyclic) bond motifs is 2. The summed E-state index contributed by atoms with van der Waals surface area (Å²) in [5.74, 6) is -1.31. The van der Waals surface area contributed by atoms with Crippen molar-refractivity contribution in [3.8, 4) is 11.5 Å². The Labute approximate surface area is 101 Å². The maximum atomic E-state index is 11.6. The van der Waals surface area contributed by atoms with Crippen LogP contribution in [0, 0.1) is 6.92 Å². The van der Waals surface area contributed by atoms with Crippen molar-refractivity contribution >= 4 is 22.7 Å². The second kappa shape index (κ2) is 3.49. The van der Waals surface area contributed by atoms with Gasteiger partial charge in [0, 0.05) is 17.1 Å². The summed E-state index contributed by atoms with van der Waals surface area (Å²) in [4.78, 5) is 25.4. The molecule has 92 valence electrons. The first kappa shape index (κ1) is 10.6. The molecule has 0 unspecified atom stereocenters. The highest BCUT2D eigenvalue weighted by Crippen LogP contribution is 2.37. The van der Waals surface area contributed by atoms with Crippen LogP contribution in [-0.4, -0.2) is 28.6 Å². The predicted molar refractivity (Wildman–Crippen MR) is 61.1 cm³/mol. The molecule has 1 aromatic heterocycles. The summed E-state index contributed by atoms with van der Waals surface area (Å²) in [5, 5.41) is 9.34. The number of carbonyl (C=O) groups is 2. The van der Waals surface area contributed by atoms with Crippen LogP contribution >= 0.6 is 0 Å². The maximum Gasteiger partial charge on any atom is 0.377 e. The molecule has 2 heterocycles. The second-order valence-corrected chi connectivity index (χ2v) is 4.01. The van der Waals surface area contributed by atoms with Crippen LogP contribution in [0.3, 0.4) is 0 Å². The number of carboxylic acids is 1. The molecule has 1 aliphatic rings. The lowest BCUT2D eigenvalue weighted by Gasteiger charge is -1.98. The number of H-pyrrole nitrogens is 1. The third-order valence-electron chi connectivity index (χ3n) is 2.90. The third kappa shape index (κ3) is 1.35. The second-order valence-electron chi connectivity index (χ2n) is 4.01. The molecule has 6 heteroatoms. The standard InChI is InChI=1S/C12H9NO5/c1-5-10(11(14)12(15)16)6-2-8-9(18-4-17-8)3-7(6)13-5/h2-3,13H,4H2,1H3,(H,15,16). The summed E-state index contributed by atoms with van der Waals surface area (Å²) < 4.78 is 10.4. The van der Waals surface area contributed by atoms with Crippen LogP contribution in [0.5, 0.6) is 11.5 Å². The summed E-state index contributed by atoms with van der Waals surface area (Å²) in [7, 11) is 0. The molecule has 18 heavy (non-hydrogen) atoms. The van der Waals surface area contributed by atoms with Crippen LogP contribution < -0.4 is 9.47 Å². The number of nitrogens with one attached hydrogen (secondary N) is 1. The highest BCUT2D eigenvalue weighted by Gasteiger charge is 2.24. The number of ketones is 1. The van der Waals surface area contributed by atoms with Gasteiger partial charge in [0.2, 0.25) is 6.79 Å². The fourth-order valence-corrected chi connectivity index (χ4v) is 2.12. The van der Waals surface area contributed by atoms with Crippen molar-refractivity contribution in [2.45, 2.75) is 6.92 Å². The number of benzene rings is 1. The number of carbonyl (C=O) groups excluding carboxylic acids is 1. The van der Waals surface area contributed by atoms with Crippen LogP contribution in [0.1, 0.15) is 16.1 Å². The normalized spacial score (nSPS) is 12.9. The number of carboxylic acid groups (broad SMARTS) is 1. The van der Waals surface area contributed by atoms with Crippen LogP contribution in [0.15, 0.2) is 12.1 Å². The van der Waals surface area contributed by atoms with Crippen LogP contribution in [0.25, 0.3) is 10.9 Å². The zero-order valence-corrected chi connectivity index (χ0v) is 9.44. The van der Waals surface area contributed by atoms with Crippen molar-refractivity contribution in [3.05, 3.63) is 23.4 Å². The largest absolute Gasteiger partial charge is 0.475 e. The molecule has 0 amide bonds. The monoisotopic (exact) mass is 247 g/mol. The number of aryl methyl sites for hydroxylation is 1. The van der Waals surface area contributed by atoms with E-state index in [0.29, 0.717) is 28.1 Å². The maximum absolute atomic E-state index is 11.6. The van der Waals surface area contributed by atoms with Gasteiger partial charge in [-0.15, -0.1) is 0 Å². The summed E-state index contributed by atoms with van der Waals surface area (Å²) in [6.45, 7) is 1.78. The van der Waals surface area contributed by atoms with Crippen molar-refractivity contribution in [2.75, 3.05) is 6.79 Å². The molecule has 0 fully saturated rings. The average molecular weight is 247 g/mol. The molecule has 0 bridgehead atoms. The van der Waals surface area contributed by atoms with Crippen LogP contribution in [0.4, 0.5) is 0 Å². The van der Waals surface area contributed by atoms with Gasteiger partial charge in [0.05, 0.1) is 11.1 Å². The van der Waals surface area contributed by atoms with E-state index in [1.807, 2.05) is 0 Å². The number of ether oxygens (including phenoxy) is 2. The number of rotatable bonds is 2. The van der Waals surface area contributed by atoms with E-state index in [-0.39, 0.29) is 12.4 Å². The lowest BCUT2D eigenvalue weighted by Crippen LogP contribution is -2.13. The van der Waals surface area contributed by atoms with Gasteiger partial charge in [-0.3, -0.25) is 4.79 Å². The van der Waals surface area contributed by atoms with Crippen molar-refractivity contribution in [1.82, 2.24) is 4.98 Å². The van der Waals surface area contributed by atoms with E-state index in [1.54, 1.807) is 19.1 Å². The van der Waals surface area contributed by atoms with Gasteiger partial charge in [-0.2, -0.15) is 0 Å². The van der Waals surface area contributed by atoms with Gasteiger partial charge in [-0.1, -0.05) is 0 Å². The topological polar surface area (TPSA) is 88.6 Å². The molecule has 0 spiro atoms. The van der Waals surface area contributed by atoms with E-state index >= 15 is 0 Å². The van der Waals surface area contributed by atoms with E-state index in [0.717, 1.165) is 0 Å². The number of Topliss-reactive ketones (excluding diaryl/α,β-unsaturated/α-hetero) is 1. The zero-order valence-electron chi connectivity index (χ0n) is 9.44. The van der Waals surface area contributed by atoms with E-state index in [1.165, 1.54) is 0 Å². The van der Waals surface area contributed by atoms with Gasteiger partial charge in [0.15, 0.2) is 11.5 Å². The minimum atomic E-state index is -1.48. The molecule has 3 rings (SSSR count). The first-order valence-corrected chi connectivity index (χ1v) is 5.27. The van der Waals surface area contributed by atoms with Crippen molar-refractivity contribution in [3.63, 3.8) is 0 Å². The van der Waals surface area contributed by atoms with Crippen molar-refractivity contribution < 1.29 is 24.2 Å². The van der Waals surface area contributed by atoms with Crippen LogP contribution in [-0.2, 0) is 4.79 Å². The Morgan fingerprint density at radius 1 is 1.28 bits per heavy atom. The summed E-state index contributed by atoms with van der Waals surface area (Å²) in [5.41, 5.74) is 1.33. The minimum Gasteiger partial charge on any atom is -0.475 e. The average Bonchev–Trinajstić information content (AvgIpc) is 2.87. The SMILES string of the molecule is Cc1[nH]c2cc3c(cc2c1C(=O)C(=O)O)OCO3. The minimum absolute atomic E-state index is 0.128. The smallest absolute Gasteiger partial charge is 0.377 e. The fraction of sp³-hybridized carbons (Fsp3) is 0.167. The molecule has 0 radical (unpaired) electrons. The fourth-order valence-electron chi connectivity index (χ4n) is 2.12. The first-order chi connectivity index (χ1) is 8.58. The number of aromatic nitrogens is 1. The Morgan fingerprint density at radius 3 is 2.61 bits per heavy atom.